The number of rotatable bonds is 5. The van der Waals surface area contributed by atoms with Crippen molar-refractivity contribution in [1.29, 1.82) is 0 Å². The van der Waals surface area contributed by atoms with Crippen LogP contribution in [0, 0.1) is 0 Å². The normalized spacial score (nSPS) is 10.5. The Labute approximate surface area is 144 Å². The van der Waals surface area contributed by atoms with Crippen LogP contribution in [0.4, 0.5) is 0 Å². The van der Waals surface area contributed by atoms with Gasteiger partial charge in [0.1, 0.15) is 0 Å². The fraction of sp³-hybridized carbons (Fsp3) is 0.111. The van der Waals surface area contributed by atoms with Crippen molar-refractivity contribution in [3.05, 3.63) is 76.3 Å². The van der Waals surface area contributed by atoms with Gasteiger partial charge in [-0.15, -0.1) is 11.3 Å². The van der Waals surface area contributed by atoms with Gasteiger partial charge in [-0.2, -0.15) is 0 Å². The van der Waals surface area contributed by atoms with Crippen molar-refractivity contribution >= 4 is 28.8 Å². The highest BCUT2D eigenvalue weighted by atomic mass is 35.5. The van der Waals surface area contributed by atoms with E-state index in [1.165, 1.54) is 0 Å². The second-order valence-electron chi connectivity index (χ2n) is 5.03. The van der Waals surface area contributed by atoms with Crippen molar-refractivity contribution in [2.45, 2.75) is 13.0 Å². The van der Waals surface area contributed by atoms with Crippen LogP contribution in [0.1, 0.15) is 11.1 Å². The first-order chi connectivity index (χ1) is 11.2. The molecule has 0 bridgehead atoms. The molecule has 3 nitrogen and oxygen atoms in total. The van der Waals surface area contributed by atoms with E-state index >= 15 is 0 Å². The number of thiophene rings is 1. The van der Waals surface area contributed by atoms with Crippen LogP contribution in [-0.2, 0) is 17.8 Å². The Hall–Kier alpha value is -2.17. The van der Waals surface area contributed by atoms with E-state index in [4.69, 9.17) is 11.6 Å². The van der Waals surface area contributed by atoms with E-state index in [1.807, 2.05) is 47.8 Å². The Morgan fingerprint density at radius 1 is 1.09 bits per heavy atom. The molecule has 2 aromatic heterocycles. The van der Waals surface area contributed by atoms with Gasteiger partial charge in [0.2, 0.25) is 5.91 Å². The maximum Gasteiger partial charge on any atom is 0.224 e. The first-order valence-corrected chi connectivity index (χ1v) is 8.47. The van der Waals surface area contributed by atoms with E-state index in [2.05, 4.69) is 10.3 Å². The van der Waals surface area contributed by atoms with Crippen LogP contribution in [0.2, 0.25) is 5.02 Å². The molecule has 1 N–H and O–H groups in total. The van der Waals surface area contributed by atoms with Crippen LogP contribution in [-0.4, -0.2) is 10.9 Å². The number of benzene rings is 1. The van der Waals surface area contributed by atoms with Gasteiger partial charge in [-0.1, -0.05) is 41.9 Å². The predicted molar refractivity (Wildman–Crippen MR) is 94.6 cm³/mol. The summed E-state index contributed by atoms with van der Waals surface area (Å²) in [6.07, 6.45) is 2.04. The van der Waals surface area contributed by atoms with E-state index in [-0.39, 0.29) is 12.3 Å². The van der Waals surface area contributed by atoms with Crippen LogP contribution in [0.5, 0.6) is 0 Å². The third kappa shape index (κ3) is 3.97. The molecule has 1 amide bonds. The number of hydrogen-bond acceptors (Lipinski definition) is 3. The second-order valence-corrected chi connectivity index (χ2v) is 6.39. The van der Waals surface area contributed by atoms with Gasteiger partial charge in [0.15, 0.2) is 0 Å². The SMILES string of the molecule is O=C(Cc1ccccc1Cl)NCc1cccnc1-c1cccs1. The molecule has 0 radical (unpaired) electrons. The summed E-state index contributed by atoms with van der Waals surface area (Å²) in [6, 6.07) is 15.3. The minimum Gasteiger partial charge on any atom is -0.352 e. The van der Waals surface area contributed by atoms with Gasteiger partial charge in [-0.3, -0.25) is 9.78 Å². The molecule has 0 aliphatic rings. The lowest BCUT2D eigenvalue weighted by atomic mass is 10.1. The highest BCUT2D eigenvalue weighted by Crippen LogP contribution is 2.25. The van der Waals surface area contributed by atoms with Crippen LogP contribution in [0.25, 0.3) is 10.6 Å². The molecule has 2 heterocycles. The van der Waals surface area contributed by atoms with Crippen LogP contribution in [0.15, 0.2) is 60.1 Å². The van der Waals surface area contributed by atoms with E-state index < -0.39 is 0 Å². The lowest BCUT2D eigenvalue weighted by Gasteiger charge is -2.09. The fourth-order valence-electron chi connectivity index (χ4n) is 2.29. The van der Waals surface area contributed by atoms with Crippen molar-refractivity contribution in [2.75, 3.05) is 0 Å². The zero-order chi connectivity index (χ0) is 16.1. The molecule has 0 aliphatic carbocycles. The molecular weight excluding hydrogens is 328 g/mol. The van der Waals surface area contributed by atoms with Crippen molar-refractivity contribution in [2.24, 2.45) is 0 Å². The number of nitrogens with zero attached hydrogens (tertiary/aromatic N) is 1. The number of carbonyl (C=O) groups is 1. The van der Waals surface area contributed by atoms with Gasteiger partial charge < -0.3 is 5.32 Å². The first kappa shape index (κ1) is 15.7. The van der Waals surface area contributed by atoms with Gasteiger partial charge in [0, 0.05) is 17.8 Å². The number of aromatic nitrogens is 1. The summed E-state index contributed by atoms with van der Waals surface area (Å²) in [5.74, 6) is -0.0564. The molecule has 0 atom stereocenters. The monoisotopic (exact) mass is 342 g/mol. The third-order valence-electron chi connectivity index (χ3n) is 3.43. The number of halogens is 1. The summed E-state index contributed by atoms with van der Waals surface area (Å²) in [5, 5.41) is 5.58. The molecular formula is C18H15ClN2OS. The average molecular weight is 343 g/mol. The van der Waals surface area contributed by atoms with Gasteiger partial charge in [-0.05, 0) is 34.7 Å². The lowest BCUT2D eigenvalue weighted by molar-refractivity contribution is -0.120. The zero-order valence-corrected chi connectivity index (χ0v) is 13.9. The number of carbonyl (C=O) groups excluding carboxylic acids is 1. The van der Waals surface area contributed by atoms with E-state index in [0.717, 1.165) is 21.7 Å². The molecule has 0 fully saturated rings. The Morgan fingerprint density at radius 2 is 1.91 bits per heavy atom. The molecule has 3 aromatic rings. The number of amides is 1. The minimum atomic E-state index is -0.0564. The third-order valence-corrected chi connectivity index (χ3v) is 4.68. The highest BCUT2D eigenvalue weighted by molar-refractivity contribution is 7.13. The molecule has 0 spiro atoms. The number of nitrogens with one attached hydrogen (secondary N) is 1. The average Bonchev–Trinajstić information content (AvgIpc) is 3.10. The van der Waals surface area contributed by atoms with Gasteiger partial charge >= 0.3 is 0 Å². The van der Waals surface area contributed by atoms with E-state index in [9.17, 15) is 4.79 Å². The maximum atomic E-state index is 12.1. The number of pyridine rings is 1. The topological polar surface area (TPSA) is 42.0 Å². The summed E-state index contributed by atoms with van der Waals surface area (Å²) in [6.45, 7) is 0.449. The molecule has 5 heteroatoms. The standard InChI is InChI=1S/C18H15ClN2OS/c19-15-7-2-1-5-13(15)11-17(22)21-12-14-6-3-9-20-18(14)16-8-4-10-23-16/h1-10H,11-12H2,(H,21,22). The lowest BCUT2D eigenvalue weighted by Crippen LogP contribution is -2.25. The molecule has 0 saturated carbocycles. The smallest absolute Gasteiger partial charge is 0.224 e. The Kier molecular flexibility index (Phi) is 5.05. The molecule has 0 unspecified atom stereocenters. The van der Waals surface area contributed by atoms with Gasteiger partial charge in [-0.25, -0.2) is 0 Å². The van der Waals surface area contributed by atoms with Crippen LogP contribution >= 0.6 is 22.9 Å². The summed E-state index contributed by atoms with van der Waals surface area (Å²) in [4.78, 5) is 17.7. The fourth-order valence-corrected chi connectivity index (χ4v) is 3.25. The largest absolute Gasteiger partial charge is 0.352 e. The Morgan fingerprint density at radius 3 is 2.70 bits per heavy atom. The van der Waals surface area contributed by atoms with Crippen LogP contribution < -0.4 is 5.32 Å². The molecule has 23 heavy (non-hydrogen) atoms. The van der Waals surface area contributed by atoms with E-state index in [1.54, 1.807) is 23.6 Å². The van der Waals surface area contributed by atoms with E-state index in [0.29, 0.717) is 11.6 Å². The predicted octanol–water partition coefficient (Wildman–Crippen LogP) is 4.32. The summed E-state index contributed by atoms with van der Waals surface area (Å²) in [5.41, 5.74) is 2.75. The van der Waals surface area contributed by atoms with Crippen molar-refractivity contribution < 1.29 is 4.79 Å². The van der Waals surface area contributed by atoms with Crippen molar-refractivity contribution in [1.82, 2.24) is 10.3 Å². The summed E-state index contributed by atoms with van der Waals surface area (Å²) in [7, 11) is 0. The zero-order valence-electron chi connectivity index (χ0n) is 12.3. The molecule has 0 saturated heterocycles. The highest BCUT2D eigenvalue weighted by Gasteiger charge is 2.10. The van der Waals surface area contributed by atoms with Crippen molar-refractivity contribution in [3.8, 4) is 10.6 Å². The van der Waals surface area contributed by atoms with Crippen LogP contribution in [0.3, 0.4) is 0 Å². The van der Waals surface area contributed by atoms with Crippen molar-refractivity contribution in [3.63, 3.8) is 0 Å². The maximum absolute atomic E-state index is 12.1. The summed E-state index contributed by atoms with van der Waals surface area (Å²) >= 11 is 7.73. The molecule has 0 aliphatic heterocycles. The minimum absolute atomic E-state index is 0.0564. The molecule has 3 rings (SSSR count). The molecule has 116 valence electrons. The summed E-state index contributed by atoms with van der Waals surface area (Å²) < 4.78 is 0. The Balaban J connectivity index is 1.67. The number of hydrogen-bond donors (Lipinski definition) is 1. The van der Waals surface area contributed by atoms with Gasteiger partial charge in [0.25, 0.3) is 0 Å². The second kappa shape index (κ2) is 7.40. The molecule has 1 aromatic carbocycles. The Bertz CT molecular complexity index is 802. The van der Waals surface area contributed by atoms with Gasteiger partial charge in [0.05, 0.1) is 17.0 Å². The quantitative estimate of drug-likeness (QED) is 0.750. The first-order valence-electron chi connectivity index (χ1n) is 7.22.